The molecule has 0 aliphatic rings. The highest BCUT2D eigenvalue weighted by Gasteiger charge is 2.08. The summed E-state index contributed by atoms with van der Waals surface area (Å²) in [7, 11) is 3.38. The molecule has 0 radical (unpaired) electrons. The van der Waals surface area contributed by atoms with Crippen LogP contribution < -0.4 is 4.74 Å². The molecule has 1 amide bonds. The fourth-order valence-corrected chi connectivity index (χ4v) is 3.02. The lowest BCUT2D eigenvalue weighted by atomic mass is 10.2. The van der Waals surface area contributed by atoms with Gasteiger partial charge >= 0.3 is 0 Å². The predicted molar refractivity (Wildman–Crippen MR) is 98.3 cm³/mol. The fourth-order valence-electron chi connectivity index (χ4n) is 2.23. The van der Waals surface area contributed by atoms with E-state index in [1.807, 2.05) is 35.7 Å². The summed E-state index contributed by atoms with van der Waals surface area (Å²) in [6.45, 7) is 0.435. The van der Waals surface area contributed by atoms with Gasteiger partial charge in [-0.2, -0.15) is 0 Å². The molecule has 0 atom stereocenters. The molecule has 3 aromatic rings. The second kappa shape index (κ2) is 7.81. The summed E-state index contributed by atoms with van der Waals surface area (Å²) in [5.74, 6) is 1.46. The van der Waals surface area contributed by atoms with E-state index in [0.717, 1.165) is 27.8 Å². The van der Waals surface area contributed by atoms with Crippen molar-refractivity contribution in [3.8, 4) is 16.3 Å². The molecule has 1 aromatic carbocycles. The van der Waals surface area contributed by atoms with Crippen LogP contribution in [0.2, 0.25) is 0 Å². The monoisotopic (exact) mass is 354 g/mol. The minimum atomic E-state index is -0.101. The van der Waals surface area contributed by atoms with Crippen LogP contribution in [0.15, 0.2) is 58.5 Å². The van der Waals surface area contributed by atoms with Crippen molar-refractivity contribution in [3.63, 3.8) is 0 Å². The van der Waals surface area contributed by atoms with E-state index in [9.17, 15) is 4.79 Å². The lowest BCUT2D eigenvalue weighted by Crippen LogP contribution is -2.23. The first kappa shape index (κ1) is 17.0. The number of furan rings is 1. The largest absolute Gasteiger partial charge is 0.497 e. The van der Waals surface area contributed by atoms with Crippen molar-refractivity contribution >= 4 is 23.3 Å². The highest BCUT2D eigenvalue weighted by Crippen LogP contribution is 2.26. The second-order valence-corrected chi connectivity index (χ2v) is 6.27. The molecule has 0 fully saturated rings. The van der Waals surface area contributed by atoms with Crippen LogP contribution in [0.1, 0.15) is 11.5 Å². The number of rotatable bonds is 6. The minimum absolute atomic E-state index is 0.101. The Morgan fingerprint density at radius 3 is 2.80 bits per heavy atom. The highest BCUT2D eigenvalue weighted by atomic mass is 32.1. The Labute approximate surface area is 150 Å². The van der Waals surface area contributed by atoms with Gasteiger partial charge in [-0.25, -0.2) is 4.98 Å². The van der Waals surface area contributed by atoms with Crippen LogP contribution in [0.4, 0.5) is 0 Å². The Bertz CT molecular complexity index is 851. The zero-order chi connectivity index (χ0) is 17.6. The summed E-state index contributed by atoms with van der Waals surface area (Å²) in [5, 5.41) is 2.83. The van der Waals surface area contributed by atoms with Gasteiger partial charge in [-0.15, -0.1) is 11.3 Å². The SMILES string of the molecule is COc1ccc(-c2nc(C=CC(=O)N(C)Cc3ccco3)cs2)cc1. The Morgan fingerprint density at radius 1 is 1.32 bits per heavy atom. The lowest BCUT2D eigenvalue weighted by molar-refractivity contribution is -0.125. The first-order valence-corrected chi connectivity index (χ1v) is 8.59. The highest BCUT2D eigenvalue weighted by molar-refractivity contribution is 7.13. The number of hydrogen-bond donors (Lipinski definition) is 0. The van der Waals surface area contributed by atoms with E-state index in [2.05, 4.69) is 4.98 Å². The molecule has 2 aromatic heterocycles. The maximum Gasteiger partial charge on any atom is 0.246 e. The number of nitrogens with zero attached hydrogens (tertiary/aromatic N) is 2. The van der Waals surface area contributed by atoms with Crippen molar-refractivity contribution in [2.45, 2.75) is 6.54 Å². The average Bonchev–Trinajstić information content (AvgIpc) is 3.31. The van der Waals surface area contributed by atoms with E-state index in [4.69, 9.17) is 9.15 Å². The third kappa shape index (κ3) is 4.36. The molecule has 0 aliphatic carbocycles. The van der Waals surface area contributed by atoms with Crippen molar-refractivity contribution in [1.29, 1.82) is 0 Å². The smallest absolute Gasteiger partial charge is 0.246 e. The van der Waals surface area contributed by atoms with Gasteiger partial charge < -0.3 is 14.1 Å². The number of methoxy groups -OCH3 is 1. The number of hydrogen-bond acceptors (Lipinski definition) is 5. The van der Waals surface area contributed by atoms with Gasteiger partial charge in [0.05, 0.1) is 25.6 Å². The van der Waals surface area contributed by atoms with Crippen LogP contribution in [0.25, 0.3) is 16.6 Å². The number of carbonyl (C=O) groups excluding carboxylic acids is 1. The molecule has 6 heteroatoms. The number of thiazole rings is 1. The van der Waals surface area contributed by atoms with E-state index in [1.165, 1.54) is 17.4 Å². The van der Waals surface area contributed by atoms with Gasteiger partial charge in [0.2, 0.25) is 5.91 Å². The summed E-state index contributed by atoms with van der Waals surface area (Å²) in [6.07, 6.45) is 4.85. The summed E-state index contributed by atoms with van der Waals surface area (Å²) >= 11 is 1.54. The van der Waals surface area contributed by atoms with Crippen LogP contribution in [0.3, 0.4) is 0 Å². The van der Waals surface area contributed by atoms with Gasteiger partial charge in [-0.05, 0) is 42.5 Å². The molecule has 0 saturated carbocycles. The summed E-state index contributed by atoms with van der Waals surface area (Å²) in [6, 6.07) is 11.4. The number of amides is 1. The number of ether oxygens (including phenoxy) is 1. The molecule has 0 saturated heterocycles. The molecule has 0 spiro atoms. The van der Waals surface area contributed by atoms with Crippen LogP contribution >= 0.6 is 11.3 Å². The first-order chi connectivity index (χ1) is 12.2. The van der Waals surface area contributed by atoms with Crippen LogP contribution in [-0.2, 0) is 11.3 Å². The third-order valence-electron chi connectivity index (χ3n) is 3.60. The van der Waals surface area contributed by atoms with Crippen molar-refractivity contribution in [1.82, 2.24) is 9.88 Å². The van der Waals surface area contributed by atoms with Crippen LogP contribution in [-0.4, -0.2) is 29.9 Å². The van der Waals surface area contributed by atoms with Gasteiger partial charge in [0, 0.05) is 24.1 Å². The lowest BCUT2D eigenvalue weighted by Gasteiger charge is -2.12. The first-order valence-electron chi connectivity index (χ1n) is 7.71. The molecule has 0 bridgehead atoms. The van der Waals surface area contributed by atoms with Gasteiger partial charge in [0.25, 0.3) is 0 Å². The molecule has 0 unspecified atom stereocenters. The van der Waals surface area contributed by atoms with Gasteiger partial charge in [-0.1, -0.05) is 0 Å². The minimum Gasteiger partial charge on any atom is -0.497 e. The molecule has 5 nitrogen and oxygen atoms in total. The number of aromatic nitrogens is 1. The molecule has 2 heterocycles. The fraction of sp³-hybridized carbons (Fsp3) is 0.158. The molecular weight excluding hydrogens is 336 g/mol. The van der Waals surface area contributed by atoms with E-state index in [-0.39, 0.29) is 5.91 Å². The van der Waals surface area contributed by atoms with Crippen molar-refractivity contribution < 1.29 is 13.9 Å². The summed E-state index contributed by atoms with van der Waals surface area (Å²) in [5.41, 5.74) is 1.78. The summed E-state index contributed by atoms with van der Waals surface area (Å²) in [4.78, 5) is 18.3. The van der Waals surface area contributed by atoms with Crippen molar-refractivity contribution in [2.75, 3.05) is 14.2 Å². The predicted octanol–water partition coefficient (Wildman–Crippen LogP) is 4.08. The second-order valence-electron chi connectivity index (χ2n) is 5.41. The molecular formula is C19H18N2O3S. The third-order valence-corrected chi connectivity index (χ3v) is 4.51. The van der Waals surface area contributed by atoms with Crippen LogP contribution in [0, 0.1) is 0 Å². The van der Waals surface area contributed by atoms with E-state index in [0.29, 0.717) is 6.54 Å². The maximum absolute atomic E-state index is 12.1. The Kier molecular flexibility index (Phi) is 5.30. The maximum atomic E-state index is 12.1. The Morgan fingerprint density at radius 2 is 2.12 bits per heavy atom. The zero-order valence-electron chi connectivity index (χ0n) is 14.0. The molecule has 128 valence electrons. The van der Waals surface area contributed by atoms with Crippen LogP contribution in [0.5, 0.6) is 5.75 Å². The van der Waals surface area contributed by atoms with Crippen molar-refractivity contribution in [3.05, 3.63) is 65.6 Å². The standard InChI is InChI=1S/C19H18N2O3S/c1-21(12-17-4-3-11-24-17)18(22)10-7-15-13-25-19(20-15)14-5-8-16(23-2)9-6-14/h3-11,13H,12H2,1-2H3. The van der Waals surface area contributed by atoms with Crippen molar-refractivity contribution in [2.24, 2.45) is 0 Å². The normalized spacial score (nSPS) is 11.0. The van der Waals surface area contributed by atoms with E-state index >= 15 is 0 Å². The zero-order valence-corrected chi connectivity index (χ0v) is 14.8. The quantitative estimate of drug-likeness (QED) is 0.626. The number of carbonyl (C=O) groups is 1. The van der Waals surface area contributed by atoms with Gasteiger partial charge in [0.15, 0.2) is 0 Å². The Balaban J connectivity index is 1.63. The Hall–Kier alpha value is -2.86. The van der Waals surface area contributed by atoms with Gasteiger partial charge in [0.1, 0.15) is 16.5 Å². The molecule has 3 rings (SSSR count). The topological polar surface area (TPSA) is 55.6 Å². The summed E-state index contributed by atoms with van der Waals surface area (Å²) < 4.78 is 10.4. The van der Waals surface area contributed by atoms with E-state index in [1.54, 1.807) is 37.5 Å². The molecule has 0 aliphatic heterocycles. The van der Waals surface area contributed by atoms with E-state index < -0.39 is 0 Å². The number of likely N-dealkylation sites (N-methyl/N-ethyl adjacent to an activating group) is 1. The molecule has 25 heavy (non-hydrogen) atoms. The molecule has 0 N–H and O–H groups in total. The van der Waals surface area contributed by atoms with Gasteiger partial charge in [-0.3, -0.25) is 4.79 Å². The number of benzene rings is 1. The average molecular weight is 354 g/mol.